The Hall–Kier alpha value is -1.18. The highest BCUT2D eigenvalue weighted by Crippen LogP contribution is 2.23. The minimum Gasteiger partial charge on any atom is -0.370 e. The summed E-state index contributed by atoms with van der Waals surface area (Å²) in [5.74, 6) is 0.793. The van der Waals surface area contributed by atoms with Crippen LogP contribution in [0.1, 0.15) is 13.3 Å². The highest BCUT2D eigenvalue weighted by molar-refractivity contribution is 9.10. The molecular weight excluding hydrogens is 366 g/mol. The number of anilines is 1. The van der Waals surface area contributed by atoms with Gasteiger partial charge in [0, 0.05) is 29.5 Å². The first-order chi connectivity index (χ1) is 10.4. The summed E-state index contributed by atoms with van der Waals surface area (Å²) in [6.45, 7) is 3.53. The summed E-state index contributed by atoms with van der Waals surface area (Å²) in [7, 11) is -3.11. The molecule has 0 aliphatic carbocycles. The maximum atomic E-state index is 11.5. The molecule has 0 saturated heterocycles. The second kappa shape index (κ2) is 7.39. The number of sulfonamides is 1. The topological polar surface area (TPSA) is 62.3 Å². The van der Waals surface area contributed by atoms with E-state index in [0.29, 0.717) is 19.6 Å². The second-order valence-corrected chi connectivity index (χ2v) is 7.88. The third kappa shape index (κ3) is 4.41. The molecule has 0 saturated carbocycles. The minimum absolute atomic E-state index is 0.500. The van der Waals surface area contributed by atoms with Crippen LogP contribution in [0, 0.1) is 0 Å². The van der Waals surface area contributed by atoms with E-state index in [0.717, 1.165) is 27.6 Å². The number of para-hydroxylation sites is 1. The largest absolute Gasteiger partial charge is 0.370 e. The zero-order chi connectivity index (χ0) is 16.2. The van der Waals surface area contributed by atoms with Gasteiger partial charge in [-0.05, 0) is 40.5 Å². The van der Waals surface area contributed by atoms with Crippen molar-refractivity contribution in [2.45, 2.75) is 13.3 Å². The van der Waals surface area contributed by atoms with Crippen LogP contribution in [0.25, 0.3) is 10.9 Å². The van der Waals surface area contributed by atoms with E-state index in [2.05, 4.69) is 26.2 Å². The number of hydrogen-bond acceptors (Lipinski definition) is 4. The van der Waals surface area contributed by atoms with Crippen molar-refractivity contribution in [1.82, 2.24) is 9.29 Å². The average molecular weight is 386 g/mol. The molecule has 120 valence electrons. The van der Waals surface area contributed by atoms with Gasteiger partial charge in [-0.15, -0.1) is 0 Å². The number of nitrogens with one attached hydrogen (secondary N) is 1. The maximum absolute atomic E-state index is 11.5. The van der Waals surface area contributed by atoms with Crippen LogP contribution in [0.3, 0.4) is 0 Å². The lowest BCUT2D eigenvalue weighted by atomic mass is 10.2. The van der Waals surface area contributed by atoms with Crippen molar-refractivity contribution in [3.63, 3.8) is 0 Å². The first-order valence-electron chi connectivity index (χ1n) is 7.16. The third-order valence-electron chi connectivity index (χ3n) is 3.38. The van der Waals surface area contributed by atoms with Crippen LogP contribution >= 0.6 is 15.9 Å². The molecule has 2 rings (SSSR count). The number of halogens is 1. The third-order valence-corrected chi connectivity index (χ3v) is 5.40. The highest BCUT2D eigenvalue weighted by Gasteiger charge is 2.13. The Morgan fingerprint density at radius 2 is 2.05 bits per heavy atom. The van der Waals surface area contributed by atoms with Crippen molar-refractivity contribution < 1.29 is 8.42 Å². The van der Waals surface area contributed by atoms with E-state index in [1.54, 1.807) is 0 Å². The van der Waals surface area contributed by atoms with E-state index >= 15 is 0 Å². The van der Waals surface area contributed by atoms with Crippen LogP contribution in [0.2, 0.25) is 0 Å². The monoisotopic (exact) mass is 385 g/mol. The van der Waals surface area contributed by atoms with Crippen LogP contribution in [0.15, 0.2) is 34.8 Å². The Morgan fingerprint density at radius 3 is 2.73 bits per heavy atom. The number of nitrogens with zero attached hydrogens (tertiary/aromatic N) is 2. The number of pyridine rings is 1. The Morgan fingerprint density at radius 1 is 1.27 bits per heavy atom. The Bertz CT molecular complexity index is 750. The Balaban J connectivity index is 1.94. The average Bonchev–Trinajstić information content (AvgIpc) is 2.46. The van der Waals surface area contributed by atoms with Crippen LogP contribution in [0.5, 0.6) is 0 Å². The zero-order valence-electron chi connectivity index (χ0n) is 12.7. The molecule has 1 aromatic carbocycles. The zero-order valence-corrected chi connectivity index (χ0v) is 15.1. The molecule has 7 heteroatoms. The normalized spacial score (nSPS) is 12.0. The van der Waals surface area contributed by atoms with Gasteiger partial charge in [-0.1, -0.05) is 19.1 Å². The number of fused-ring (bicyclic) bond motifs is 1. The summed E-state index contributed by atoms with van der Waals surface area (Å²) < 4.78 is 25.4. The Labute approximate surface area is 139 Å². The molecule has 0 bridgehead atoms. The van der Waals surface area contributed by atoms with Crippen molar-refractivity contribution in [3.05, 3.63) is 34.8 Å². The van der Waals surface area contributed by atoms with Crippen molar-refractivity contribution in [2.75, 3.05) is 31.2 Å². The molecule has 1 heterocycles. The molecule has 0 spiro atoms. The minimum atomic E-state index is -3.11. The number of hydrogen-bond donors (Lipinski definition) is 1. The molecule has 0 aliphatic heterocycles. The van der Waals surface area contributed by atoms with Crippen LogP contribution in [-0.4, -0.2) is 43.6 Å². The van der Waals surface area contributed by atoms with Gasteiger partial charge in [0.25, 0.3) is 0 Å². The summed E-state index contributed by atoms with van der Waals surface area (Å²) in [5.41, 5.74) is 0.916. The predicted molar refractivity (Wildman–Crippen MR) is 94.6 cm³/mol. The predicted octanol–water partition coefficient (Wildman–Crippen LogP) is 3.08. The molecule has 0 atom stereocenters. The van der Waals surface area contributed by atoms with E-state index in [9.17, 15) is 8.42 Å². The molecular formula is C15H20BrN3O2S. The standard InChI is InChI=1S/C15H20BrN3O2S/c1-3-19(22(2,20)21)11-5-10-17-14-9-8-12-6-4-7-13(16)15(12)18-14/h4,6-9H,3,5,10-11H2,1-2H3,(H,17,18). The lowest BCUT2D eigenvalue weighted by Gasteiger charge is -2.17. The summed E-state index contributed by atoms with van der Waals surface area (Å²) in [4.78, 5) is 4.57. The molecule has 1 aromatic heterocycles. The van der Waals surface area contributed by atoms with Gasteiger partial charge in [-0.25, -0.2) is 17.7 Å². The van der Waals surface area contributed by atoms with Gasteiger partial charge in [0.2, 0.25) is 10.0 Å². The van der Waals surface area contributed by atoms with Crippen molar-refractivity contribution in [1.29, 1.82) is 0 Å². The van der Waals surface area contributed by atoms with Gasteiger partial charge < -0.3 is 5.32 Å². The first kappa shape index (κ1) is 17.2. The fourth-order valence-electron chi connectivity index (χ4n) is 2.24. The lowest BCUT2D eigenvalue weighted by molar-refractivity contribution is 0.428. The fourth-order valence-corrected chi connectivity index (χ4v) is 3.64. The van der Waals surface area contributed by atoms with Gasteiger partial charge in [-0.3, -0.25) is 0 Å². The van der Waals surface area contributed by atoms with Crippen LogP contribution in [-0.2, 0) is 10.0 Å². The van der Waals surface area contributed by atoms with Gasteiger partial charge in [0.15, 0.2) is 0 Å². The quantitative estimate of drug-likeness (QED) is 0.743. The van der Waals surface area contributed by atoms with Gasteiger partial charge >= 0.3 is 0 Å². The van der Waals surface area contributed by atoms with E-state index in [-0.39, 0.29) is 0 Å². The summed E-state index contributed by atoms with van der Waals surface area (Å²) in [6.07, 6.45) is 1.98. The first-order valence-corrected chi connectivity index (χ1v) is 9.80. The number of benzene rings is 1. The van der Waals surface area contributed by atoms with Crippen molar-refractivity contribution in [2.24, 2.45) is 0 Å². The molecule has 0 aliphatic rings. The van der Waals surface area contributed by atoms with Gasteiger partial charge in [-0.2, -0.15) is 0 Å². The summed E-state index contributed by atoms with van der Waals surface area (Å²) >= 11 is 3.50. The van der Waals surface area contributed by atoms with Gasteiger partial charge in [0.1, 0.15) is 5.82 Å². The highest BCUT2D eigenvalue weighted by atomic mass is 79.9. The van der Waals surface area contributed by atoms with Gasteiger partial charge in [0.05, 0.1) is 11.8 Å². The maximum Gasteiger partial charge on any atom is 0.211 e. The van der Waals surface area contributed by atoms with E-state index in [1.165, 1.54) is 10.6 Å². The molecule has 22 heavy (non-hydrogen) atoms. The smallest absolute Gasteiger partial charge is 0.211 e. The molecule has 5 nitrogen and oxygen atoms in total. The lowest BCUT2D eigenvalue weighted by Crippen LogP contribution is -2.31. The molecule has 0 unspecified atom stereocenters. The summed E-state index contributed by atoms with van der Waals surface area (Å²) in [6, 6.07) is 9.91. The molecule has 1 N–H and O–H groups in total. The molecule has 2 aromatic rings. The molecule has 0 amide bonds. The second-order valence-electron chi connectivity index (χ2n) is 5.04. The summed E-state index contributed by atoms with van der Waals surface area (Å²) in [5, 5.41) is 4.32. The number of rotatable bonds is 7. The fraction of sp³-hybridized carbons (Fsp3) is 0.400. The van der Waals surface area contributed by atoms with Crippen molar-refractivity contribution in [3.8, 4) is 0 Å². The van der Waals surface area contributed by atoms with E-state index in [1.807, 2.05) is 37.3 Å². The van der Waals surface area contributed by atoms with Crippen LogP contribution < -0.4 is 5.32 Å². The van der Waals surface area contributed by atoms with Crippen LogP contribution in [0.4, 0.5) is 5.82 Å². The Kier molecular flexibility index (Phi) is 5.77. The number of aromatic nitrogens is 1. The van der Waals surface area contributed by atoms with E-state index < -0.39 is 10.0 Å². The van der Waals surface area contributed by atoms with Crippen molar-refractivity contribution >= 4 is 42.7 Å². The molecule has 0 fully saturated rings. The molecule has 0 radical (unpaired) electrons. The van der Waals surface area contributed by atoms with E-state index in [4.69, 9.17) is 0 Å². The SMILES string of the molecule is CCN(CCCNc1ccc2cccc(Br)c2n1)S(C)(=O)=O.